The summed E-state index contributed by atoms with van der Waals surface area (Å²) >= 11 is 1.56. The van der Waals surface area contributed by atoms with E-state index in [4.69, 9.17) is 5.73 Å². The summed E-state index contributed by atoms with van der Waals surface area (Å²) in [6, 6.07) is 0.355. The summed E-state index contributed by atoms with van der Waals surface area (Å²) in [5.74, 6) is 1.46. The van der Waals surface area contributed by atoms with E-state index in [0.717, 1.165) is 70.6 Å². The van der Waals surface area contributed by atoms with Crippen LogP contribution in [0.25, 0.3) is 0 Å². The Morgan fingerprint density at radius 2 is 1.60 bits per heavy atom. The molecule has 0 aromatic carbocycles. The number of rotatable bonds is 23. The van der Waals surface area contributed by atoms with Gasteiger partial charge in [0.25, 0.3) is 0 Å². The van der Waals surface area contributed by atoms with Crippen molar-refractivity contribution in [3.05, 3.63) is 59.7 Å². The number of hydrogen-bond acceptors (Lipinski definition) is 8. The number of piperidine rings is 1. The van der Waals surface area contributed by atoms with Gasteiger partial charge in [0.2, 0.25) is 0 Å². The lowest BCUT2D eigenvalue weighted by atomic mass is 9.80. The highest BCUT2D eigenvalue weighted by molar-refractivity contribution is 8.16. The molecule has 1 aliphatic heterocycles. The number of nitrogens with zero attached hydrogens (tertiary/aromatic N) is 2. The van der Waals surface area contributed by atoms with Gasteiger partial charge in [0.1, 0.15) is 6.29 Å². The molecule has 0 aromatic heterocycles. The van der Waals surface area contributed by atoms with Gasteiger partial charge in [0.15, 0.2) is 0 Å². The van der Waals surface area contributed by atoms with Crippen molar-refractivity contribution in [2.45, 2.75) is 192 Å². The maximum atomic E-state index is 11.8. The van der Waals surface area contributed by atoms with Crippen molar-refractivity contribution < 1.29 is 14.3 Å². The highest BCUT2D eigenvalue weighted by atomic mass is 32.2. The molecule has 4 N–H and O–H groups in total. The Morgan fingerprint density at radius 1 is 1.06 bits per heavy atom. The lowest BCUT2D eigenvalue weighted by Gasteiger charge is -2.40. The summed E-state index contributed by atoms with van der Waals surface area (Å²) < 4.78 is 9.79. The molecule has 2 rings (SSSR count). The lowest BCUT2D eigenvalue weighted by Crippen LogP contribution is -2.41. The van der Waals surface area contributed by atoms with Crippen molar-refractivity contribution in [2.75, 3.05) is 54.4 Å². The van der Waals surface area contributed by atoms with Gasteiger partial charge < -0.3 is 25.6 Å². The molecule has 2 aliphatic rings. The van der Waals surface area contributed by atoms with E-state index in [1.807, 2.05) is 62.6 Å². The van der Waals surface area contributed by atoms with E-state index in [2.05, 4.69) is 112 Å². The second kappa shape index (κ2) is 49.4. The van der Waals surface area contributed by atoms with Gasteiger partial charge >= 0.3 is 0 Å². The predicted octanol–water partition coefficient (Wildman–Crippen LogP) is 15.4. The first-order chi connectivity index (χ1) is 30.0. The molecular formula is C54H108FN5O2S. The van der Waals surface area contributed by atoms with Gasteiger partial charge in [-0.2, -0.15) is 4.94 Å². The minimum Gasteiger partial charge on any atom is -0.372 e. The number of hydrogen-bond donors (Lipinski definition) is 3. The van der Waals surface area contributed by atoms with Crippen molar-refractivity contribution in [1.29, 1.82) is 5.41 Å². The third kappa shape index (κ3) is 43.6. The maximum Gasteiger partial charge on any atom is 0.125 e. The zero-order valence-corrected chi connectivity index (χ0v) is 45.6. The van der Waals surface area contributed by atoms with Crippen LogP contribution in [0.5, 0.6) is 0 Å². The molecule has 7 nitrogen and oxygen atoms in total. The SMILES string of the molecule is C=C(C)CC(CC(C(C)C)N(CCCCCC)C(=C)CCCC)C(=N)S/C=C/C(CC1=CCC(C)C=C1)CC(C)(C)C=O.CC.CC.CCN.CN1CCCCC1.CNC.COF. The number of nitrogens with two attached hydrogens (primary N) is 1. The fourth-order valence-electron chi connectivity index (χ4n) is 7.08. The second-order valence-corrected chi connectivity index (χ2v) is 18.6. The van der Waals surface area contributed by atoms with Crippen LogP contribution in [0.1, 0.15) is 186 Å². The molecule has 374 valence electrons. The number of halogens is 1. The molecule has 1 fully saturated rings. The van der Waals surface area contributed by atoms with E-state index >= 15 is 0 Å². The number of likely N-dealkylation sites (tertiary alicyclic amines) is 1. The molecular weight excluding hydrogens is 802 g/mol. The second-order valence-electron chi connectivity index (χ2n) is 17.7. The Labute approximate surface area is 397 Å². The van der Waals surface area contributed by atoms with Crippen LogP contribution in [-0.4, -0.2) is 81.6 Å². The highest BCUT2D eigenvalue weighted by Gasteiger charge is 2.28. The van der Waals surface area contributed by atoms with Crippen LogP contribution in [0.2, 0.25) is 0 Å². The Kier molecular flexibility index (Phi) is 54.9. The molecule has 0 spiro atoms. The zero-order chi connectivity index (χ0) is 49.6. The molecule has 1 aliphatic carbocycles. The first-order valence-corrected chi connectivity index (χ1v) is 25.8. The number of thioether (sulfide) groups is 1. The van der Waals surface area contributed by atoms with Crippen LogP contribution in [0.3, 0.4) is 0 Å². The fraction of sp³-hybridized carbons (Fsp3) is 0.778. The fourth-order valence-corrected chi connectivity index (χ4v) is 7.90. The molecule has 0 saturated carbocycles. The van der Waals surface area contributed by atoms with Crippen LogP contribution in [0, 0.1) is 34.5 Å². The standard InChI is InChI=1S/C39H66N2OS.C6H13N.2C2H7N.2C2H6.CH3FO/c1-11-13-15-16-23-41(33(8)17-14-12-2)37(31(5)6)27-36(25-30(3)4)38(40)43-24-22-35(28-39(9,10)29-42)26-34-20-18-32(7)19-21-34;1-7-5-3-2-4-6-7;1-3-2;1-2-3;2*1-2;1-3-2/h18,20-22,24,29,31-32,35-37,40H,3,8,11-17,19,23,25-28H2,1-2,4-7,9-10H3;2-6H2,1H3;3H,1-2H3;2-3H2,1H3;2*1-2H3;1H3/b24-22+,40-38?;;;;;;. The van der Waals surface area contributed by atoms with Gasteiger partial charge in [-0.05, 0) is 140 Å². The third-order valence-electron chi connectivity index (χ3n) is 10.3. The average molecular weight is 911 g/mol. The van der Waals surface area contributed by atoms with Crippen molar-refractivity contribution in [1.82, 2.24) is 15.1 Å². The van der Waals surface area contributed by atoms with Crippen molar-refractivity contribution in [2.24, 2.45) is 34.8 Å². The molecule has 0 bridgehead atoms. The van der Waals surface area contributed by atoms with E-state index in [1.165, 1.54) is 82.1 Å². The number of allylic oxidation sites excluding steroid dienone is 7. The summed E-state index contributed by atoms with van der Waals surface area (Å²) in [6.07, 6.45) is 27.5. The Bertz CT molecular complexity index is 1140. The zero-order valence-electron chi connectivity index (χ0n) is 44.8. The first-order valence-electron chi connectivity index (χ1n) is 24.9. The number of carbonyl (C=O) groups is 1. The van der Waals surface area contributed by atoms with Crippen LogP contribution in [-0.2, 0) is 9.74 Å². The van der Waals surface area contributed by atoms with E-state index in [-0.39, 0.29) is 17.3 Å². The molecule has 1 heterocycles. The predicted molar refractivity (Wildman–Crippen MR) is 286 cm³/mol. The van der Waals surface area contributed by atoms with Gasteiger partial charge in [0.05, 0.1) is 12.2 Å². The van der Waals surface area contributed by atoms with Crippen molar-refractivity contribution >= 4 is 23.1 Å². The van der Waals surface area contributed by atoms with Gasteiger partial charge in [-0.1, -0.05) is 169 Å². The van der Waals surface area contributed by atoms with Crippen molar-refractivity contribution in [3.8, 4) is 0 Å². The van der Waals surface area contributed by atoms with E-state index < -0.39 is 0 Å². The monoisotopic (exact) mass is 910 g/mol. The molecule has 4 atom stereocenters. The van der Waals surface area contributed by atoms with E-state index in [1.54, 1.807) is 11.8 Å². The molecule has 0 amide bonds. The summed E-state index contributed by atoms with van der Waals surface area (Å²) in [7, 11) is 6.90. The van der Waals surface area contributed by atoms with Crippen LogP contribution >= 0.6 is 11.8 Å². The number of aldehydes is 1. The lowest BCUT2D eigenvalue weighted by molar-refractivity contribution is -0.115. The first kappa shape index (κ1) is 70.0. The van der Waals surface area contributed by atoms with Crippen LogP contribution in [0.4, 0.5) is 4.53 Å². The summed E-state index contributed by atoms with van der Waals surface area (Å²) in [6.45, 7) is 40.8. The minimum atomic E-state index is -0.368. The molecule has 0 radical (unpaired) electrons. The summed E-state index contributed by atoms with van der Waals surface area (Å²) in [5, 5.41) is 14.8. The molecule has 4 unspecified atom stereocenters. The van der Waals surface area contributed by atoms with Gasteiger partial charge in [-0.3, -0.25) is 5.41 Å². The normalized spacial score (nSPS) is 15.8. The van der Waals surface area contributed by atoms with Gasteiger partial charge in [-0.15, -0.1) is 6.58 Å². The average Bonchev–Trinajstić information content (AvgIpc) is 3.25. The quantitative estimate of drug-likeness (QED) is 0.0309. The maximum absolute atomic E-state index is 11.8. The Hall–Kier alpha value is -2.04. The van der Waals surface area contributed by atoms with Crippen LogP contribution in [0.15, 0.2) is 59.7 Å². The molecule has 9 heteroatoms. The van der Waals surface area contributed by atoms with E-state index in [9.17, 15) is 14.7 Å². The Balaban J connectivity index is -0.000000466. The van der Waals surface area contributed by atoms with Crippen LogP contribution < -0.4 is 11.1 Å². The molecule has 63 heavy (non-hydrogen) atoms. The topological polar surface area (TPSA) is 94.7 Å². The van der Waals surface area contributed by atoms with Gasteiger partial charge in [0, 0.05) is 29.6 Å². The molecule has 0 aromatic rings. The molecule has 1 saturated heterocycles. The van der Waals surface area contributed by atoms with Gasteiger partial charge in [-0.25, -0.2) is 0 Å². The number of unbranched alkanes of at least 4 members (excludes halogenated alkanes) is 4. The summed E-state index contributed by atoms with van der Waals surface area (Å²) in [5.41, 5.74) is 8.24. The largest absolute Gasteiger partial charge is 0.372 e. The minimum absolute atomic E-state index is 0.131. The smallest absolute Gasteiger partial charge is 0.125 e. The van der Waals surface area contributed by atoms with E-state index in [0.29, 0.717) is 22.9 Å². The number of nitrogens with one attached hydrogen (secondary N) is 2. The number of carbonyl (C=O) groups excluding carboxylic acids is 1. The van der Waals surface area contributed by atoms with Crippen molar-refractivity contribution in [3.63, 3.8) is 0 Å². The Morgan fingerprint density at radius 3 is 2.02 bits per heavy atom. The third-order valence-corrected chi connectivity index (χ3v) is 11.1. The highest BCUT2D eigenvalue weighted by Crippen LogP contribution is 2.34. The summed E-state index contributed by atoms with van der Waals surface area (Å²) in [4.78, 5) is 19.5.